The van der Waals surface area contributed by atoms with Crippen molar-refractivity contribution >= 4 is 11.6 Å². The highest BCUT2D eigenvalue weighted by Gasteiger charge is 2.32. The topological polar surface area (TPSA) is 64.3 Å². The molecule has 2 unspecified atom stereocenters. The minimum absolute atomic E-state index is 0.230. The van der Waals surface area contributed by atoms with E-state index in [2.05, 4.69) is 5.32 Å². The van der Waals surface area contributed by atoms with Gasteiger partial charge in [-0.05, 0) is 24.3 Å². The first-order valence-corrected chi connectivity index (χ1v) is 5.69. The molecule has 1 saturated heterocycles. The van der Waals surface area contributed by atoms with Gasteiger partial charge in [-0.15, -0.1) is 0 Å². The predicted octanol–water partition coefficient (Wildman–Crippen LogP) is 1.62. The average molecular weight is 274 g/mol. The Kier molecular flexibility index (Phi) is 3.77. The smallest absolute Gasteiger partial charge is 0.379 e. The molecule has 1 aromatic carbocycles. The molecule has 0 bridgehead atoms. The number of benzene rings is 1. The third-order valence-corrected chi connectivity index (χ3v) is 2.94. The molecule has 2 rings (SSSR count). The molecule has 1 aliphatic rings. The van der Waals surface area contributed by atoms with Crippen LogP contribution in [0, 0.1) is 5.92 Å². The molecule has 104 valence electrons. The number of alkyl halides is 3. The normalized spacial score (nSPS) is 23.4. The van der Waals surface area contributed by atoms with Crippen LogP contribution in [0.4, 0.5) is 18.9 Å². The van der Waals surface area contributed by atoms with Crippen molar-refractivity contribution < 1.29 is 22.7 Å². The largest absolute Gasteiger partial charge is 0.416 e. The summed E-state index contributed by atoms with van der Waals surface area (Å²) >= 11 is 0. The molecule has 0 aromatic heterocycles. The lowest BCUT2D eigenvalue weighted by Gasteiger charge is -2.14. The lowest BCUT2D eigenvalue weighted by molar-refractivity contribution is -0.137. The van der Waals surface area contributed by atoms with Gasteiger partial charge in [-0.1, -0.05) is 0 Å². The molecule has 1 aliphatic heterocycles. The molecule has 0 radical (unpaired) electrons. The van der Waals surface area contributed by atoms with Crippen LogP contribution in [-0.2, 0) is 15.7 Å². The summed E-state index contributed by atoms with van der Waals surface area (Å²) in [6, 6.07) is 3.88. The van der Waals surface area contributed by atoms with E-state index in [1.807, 2.05) is 0 Å². The number of halogens is 3. The van der Waals surface area contributed by atoms with Gasteiger partial charge in [0.25, 0.3) is 0 Å². The maximum absolute atomic E-state index is 12.4. The number of rotatable bonds is 2. The Morgan fingerprint density at radius 3 is 2.37 bits per heavy atom. The molecule has 0 saturated carbocycles. The Hall–Kier alpha value is -1.60. The number of nitrogens with one attached hydrogen (secondary N) is 1. The van der Waals surface area contributed by atoms with E-state index >= 15 is 0 Å². The Morgan fingerprint density at radius 1 is 1.26 bits per heavy atom. The Labute approximate surface area is 107 Å². The van der Waals surface area contributed by atoms with Gasteiger partial charge < -0.3 is 15.8 Å². The van der Waals surface area contributed by atoms with E-state index in [0.29, 0.717) is 12.3 Å². The van der Waals surface area contributed by atoms with Crippen molar-refractivity contribution in [1.29, 1.82) is 0 Å². The molecule has 19 heavy (non-hydrogen) atoms. The van der Waals surface area contributed by atoms with Crippen molar-refractivity contribution in [3.8, 4) is 0 Å². The quantitative estimate of drug-likeness (QED) is 0.861. The Balaban J connectivity index is 2.02. The van der Waals surface area contributed by atoms with Crippen molar-refractivity contribution in [3.05, 3.63) is 29.8 Å². The summed E-state index contributed by atoms with van der Waals surface area (Å²) in [4.78, 5) is 11.8. The number of ether oxygens (including phenoxy) is 1. The summed E-state index contributed by atoms with van der Waals surface area (Å²) in [5.74, 6) is -0.813. The zero-order chi connectivity index (χ0) is 14.0. The molecule has 1 amide bonds. The van der Waals surface area contributed by atoms with E-state index in [9.17, 15) is 18.0 Å². The highest BCUT2D eigenvalue weighted by atomic mass is 19.4. The molecule has 1 heterocycles. The number of hydrogen-bond donors (Lipinski definition) is 2. The molecule has 0 aliphatic carbocycles. The molecule has 0 spiro atoms. The van der Waals surface area contributed by atoms with E-state index in [1.54, 1.807) is 0 Å². The second-order valence-electron chi connectivity index (χ2n) is 4.37. The highest BCUT2D eigenvalue weighted by Crippen LogP contribution is 2.29. The molecular weight excluding hydrogens is 261 g/mol. The second kappa shape index (κ2) is 5.18. The van der Waals surface area contributed by atoms with Gasteiger partial charge in [0.15, 0.2) is 0 Å². The lowest BCUT2D eigenvalue weighted by atomic mass is 10.0. The number of amides is 1. The number of carbonyl (C=O) groups excluding carboxylic acids is 1. The first kappa shape index (κ1) is 13.8. The SMILES string of the molecule is NC1COCC1C(=O)Nc1ccc(C(F)(F)F)cc1. The van der Waals surface area contributed by atoms with E-state index < -0.39 is 17.7 Å². The molecule has 1 fully saturated rings. The van der Waals surface area contributed by atoms with Gasteiger partial charge in [0, 0.05) is 11.7 Å². The summed E-state index contributed by atoms with van der Waals surface area (Å²) in [6.45, 7) is 0.540. The molecular formula is C12H13F3N2O2. The third-order valence-electron chi connectivity index (χ3n) is 2.94. The summed E-state index contributed by atoms with van der Waals surface area (Å²) in [7, 11) is 0. The number of nitrogens with two attached hydrogens (primary N) is 1. The molecule has 2 atom stereocenters. The maximum Gasteiger partial charge on any atom is 0.416 e. The van der Waals surface area contributed by atoms with Crippen molar-refractivity contribution in [2.45, 2.75) is 12.2 Å². The van der Waals surface area contributed by atoms with Crippen molar-refractivity contribution in [3.63, 3.8) is 0 Å². The molecule has 1 aromatic rings. The van der Waals surface area contributed by atoms with Crippen LogP contribution < -0.4 is 11.1 Å². The van der Waals surface area contributed by atoms with Crippen LogP contribution in [0.5, 0.6) is 0 Å². The maximum atomic E-state index is 12.4. The monoisotopic (exact) mass is 274 g/mol. The van der Waals surface area contributed by atoms with Crippen LogP contribution in [0.15, 0.2) is 24.3 Å². The van der Waals surface area contributed by atoms with E-state index in [4.69, 9.17) is 10.5 Å². The first-order valence-electron chi connectivity index (χ1n) is 5.69. The summed E-state index contributed by atoms with van der Waals surface area (Å²) in [5, 5.41) is 2.53. The molecule has 4 nitrogen and oxygen atoms in total. The first-order chi connectivity index (χ1) is 8.88. The zero-order valence-corrected chi connectivity index (χ0v) is 9.91. The summed E-state index contributed by atoms with van der Waals surface area (Å²) in [5.41, 5.74) is 5.23. The zero-order valence-electron chi connectivity index (χ0n) is 9.91. The van der Waals surface area contributed by atoms with Gasteiger partial charge >= 0.3 is 6.18 Å². The van der Waals surface area contributed by atoms with Crippen LogP contribution in [-0.4, -0.2) is 25.2 Å². The average Bonchev–Trinajstić information content (AvgIpc) is 2.75. The van der Waals surface area contributed by atoms with Crippen LogP contribution in [0.25, 0.3) is 0 Å². The standard InChI is InChI=1S/C12H13F3N2O2/c13-12(14,15)7-1-3-8(4-2-7)17-11(18)9-5-19-6-10(9)16/h1-4,9-10H,5-6,16H2,(H,17,18). The minimum atomic E-state index is -4.38. The highest BCUT2D eigenvalue weighted by molar-refractivity contribution is 5.93. The van der Waals surface area contributed by atoms with Gasteiger partial charge in [0.05, 0.1) is 24.7 Å². The predicted molar refractivity (Wildman–Crippen MR) is 62.4 cm³/mol. The fourth-order valence-corrected chi connectivity index (χ4v) is 1.82. The van der Waals surface area contributed by atoms with Crippen LogP contribution in [0.3, 0.4) is 0 Å². The van der Waals surface area contributed by atoms with E-state index in [0.717, 1.165) is 12.1 Å². The second-order valence-corrected chi connectivity index (χ2v) is 4.37. The van der Waals surface area contributed by atoms with Gasteiger partial charge in [-0.25, -0.2) is 0 Å². The number of anilines is 1. The molecule has 3 N–H and O–H groups in total. The van der Waals surface area contributed by atoms with Crippen molar-refractivity contribution in [2.75, 3.05) is 18.5 Å². The Morgan fingerprint density at radius 2 is 1.89 bits per heavy atom. The van der Waals surface area contributed by atoms with Crippen LogP contribution in [0.2, 0.25) is 0 Å². The van der Waals surface area contributed by atoms with Crippen LogP contribution >= 0.6 is 0 Å². The van der Waals surface area contributed by atoms with Gasteiger partial charge in [0.1, 0.15) is 0 Å². The summed E-state index contributed by atoms with van der Waals surface area (Å²) in [6.07, 6.45) is -4.38. The fraction of sp³-hybridized carbons (Fsp3) is 0.417. The van der Waals surface area contributed by atoms with Gasteiger partial charge in [-0.2, -0.15) is 13.2 Å². The fourth-order valence-electron chi connectivity index (χ4n) is 1.82. The number of hydrogen-bond acceptors (Lipinski definition) is 3. The Bertz CT molecular complexity index is 459. The van der Waals surface area contributed by atoms with Crippen molar-refractivity contribution in [2.24, 2.45) is 11.7 Å². The number of carbonyl (C=O) groups is 1. The summed E-state index contributed by atoms with van der Waals surface area (Å²) < 4.78 is 42.1. The van der Waals surface area contributed by atoms with Gasteiger partial charge in [0.2, 0.25) is 5.91 Å². The third kappa shape index (κ3) is 3.24. The van der Waals surface area contributed by atoms with Crippen molar-refractivity contribution in [1.82, 2.24) is 0 Å². The van der Waals surface area contributed by atoms with E-state index in [-0.39, 0.29) is 18.6 Å². The minimum Gasteiger partial charge on any atom is -0.379 e. The van der Waals surface area contributed by atoms with E-state index in [1.165, 1.54) is 12.1 Å². The van der Waals surface area contributed by atoms with Gasteiger partial charge in [-0.3, -0.25) is 4.79 Å². The molecule has 7 heteroatoms. The lowest BCUT2D eigenvalue weighted by Crippen LogP contribution is -2.37. The van der Waals surface area contributed by atoms with Crippen LogP contribution in [0.1, 0.15) is 5.56 Å².